The molecule has 0 spiro atoms. The van der Waals surface area contributed by atoms with Crippen molar-refractivity contribution in [2.24, 2.45) is 28.6 Å². The van der Waals surface area contributed by atoms with Gasteiger partial charge in [0, 0.05) is 18.4 Å². The third-order valence-corrected chi connectivity index (χ3v) is 13.5. The van der Waals surface area contributed by atoms with Crippen molar-refractivity contribution in [1.29, 1.82) is 0 Å². The van der Waals surface area contributed by atoms with Crippen LogP contribution in [0, 0.1) is 28.6 Å². The zero-order valence-electron chi connectivity index (χ0n) is 33.5. The van der Waals surface area contributed by atoms with E-state index in [0.29, 0.717) is 25.6 Å². The molecule has 6 nitrogen and oxygen atoms in total. The summed E-state index contributed by atoms with van der Waals surface area (Å²) in [6, 6.07) is 0. The lowest BCUT2D eigenvalue weighted by atomic mass is 9.47. The van der Waals surface area contributed by atoms with E-state index in [2.05, 4.69) is 45.6 Å². The summed E-state index contributed by atoms with van der Waals surface area (Å²) < 4.78 is 29.1. The van der Waals surface area contributed by atoms with Crippen LogP contribution in [0.4, 0.5) is 0 Å². The second-order valence-electron chi connectivity index (χ2n) is 16.9. The van der Waals surface area contributed by atoms with E-state index < -0.39 is 0 Å². The van der Waals surface area contributed by atoms with Crippen LogP contribution >= 0.6 is 0 Å². The molecule has 0 aromatic rings. The zero-order valence-corrected chi connectivity index (χ0v) is 33.5. The van der Waals surface area contributed by atoms with Crippen LogP contribution in [0.15, 0.2) is 36.5 Å². The normalized spacial score (nSPS) is 30.8. The molecule has 0 heterocycles. The molecule has 4 aliphatic rings. The van der Waals surface area contributed by atoms with Gasteiger partial charge in [-0.25, -0.2) is 0 Å². The molecule has 0 aromatic carbocycles. The number of hydrogen-bond donors (Lipinski definition) is 0. The van der Waals surface area contributed by atoms with Gasteiger partial charge in [-0.3, -0.25) is 4.79 Å². The predicted molar refractivity (Wildman–Crippen MR) is 214 cm³/mol. The SMILES string of the molecule is BOCC(COB)OCCCCCCCCC/C=C\C(C=C)OC1C=C2CC[C@H]3[C@@H]4CC[C@H](OC(=O)CCCCCC)[C@@]4(C)CC[C@@H]3[C@@]2(C)CC1. The van der Waals surface area contributed by atoms with Gasteiger partial charge in [-0.05, 0) is 100 Å². The number of ether oxygens (including phenoxy) is 3. The molecule has 0 bridgehead atoms. The van der Waals surface area contributed by atoms with Crippen molar-refractivity contribution >= 4 is 22.1 Å². The lowest BCUT2D eigenvalue weighted by Crippen LogP contribution is -2.52. The number of esters is 1. The van der Waals surface area contributed by atoms with Crippen molar-refractivity contribution in [3.05, 3.63) is 36.5 Å². The topological polar surface area (TPSA) is 63.2 Å². The fourth-order valence-electron chi connectivity index (χ4n) is 10.5. The van der Waals surface area contributed by atoms with Crippen LogP contribution in [0.3, 0.4) is 0 Å². The van der Waals surface area contributed by atoms with Crippen LogP contribution in [0.5, 0.6) is 0 Å². The summed E-state index contributed by atoms with van der Waals surface area (Å²) >= 11 is 0. The van der Waals surface area contributed by atoms with Gasteiger partial charge in [0.1, 0.15) is 12.2 Å². The molecule has 4 rings (SSSR count). The van der Waals surface area contributed by atoms with Crippen molar-refractivity contribution in [3.63, 3.8) is 0 Å². The van der Waals surface area contributed by atoms with Gasteiger partial charge >= 0.3 is 5.97 Å². The molecule has 0 aliphatic heterocycles. The lowest BCUT2D eigenvalue weighted by molar-refractivity contribution is -0.160. The summed E-state index contributed by atoms with van der Waals surface area (Å²) in [5, 5.41) is 0. The molecule has 0 radical (unpaired) electrons. The van der Waals surface area contributed by atoms with E-state index in [4.69, 9.17) is 23.5 Å². The maximum absolute atomic E-state index is 12.8. The first kappa shape index (κ1) is 42.4. The Morgan fingerprint density at radius 2 is 1.63 bits per heavy atom. The van der Waals surface area contributed by atoms with Gasteiger partial charge in [0.05, 0.1) is 25.4 Å². The van der Waals surface area contributed by atoms with E-state index in [1.807, 2.05) is 6.08 Å². The van der Waals surface area contributed by atoms with Crippen LogP contribution in [-0.2, 0) is 28.3 Å². The van der Waals surface area contributed by atoms with Gasteiger partial charge in [-0.2, -0.15) is 0 Å². The van der Waals surface area contributed by atoms with Gasteiger partial charge in [0.2, 0.25) is 0 Å². The summed E-state index contributed by atoms with van der Waals surface area (Å²) in [5.74, 6) is 2.22. The van der Waals surface area contributed by atoms with Gasteiger partial charge in [-0.15, -0.1) is 6.58 Å². The van der Waals surface area contributed by atoms with Crippen LogP contribution in [0.2, 0.25) is 0 Å². The Labute approximate surface area is 314 Å². The number of carbonyl (C=O) groups excluding carboxylic acids is 1. The van der Waals surface area contributed by atoms with Crippen molar-refractivity contribution in [1.82, 2.24) is 0 Å². The lowest BCUT2D eigenvalue weighted by Gasteiger charge is -2.58. The maximum atomic E-state index is 12.8. The van der Waals surface area contributed by atoms with E-state index in [-0.39, 0.29) is 41.2 Å². The molecule has 3 fully saturated rings. The quantitative estimate of drug-likeness (QED) is 0.0409. The number of carbonyl (C=O) groups is 1. The van der Waals surface area contributed by atoms with Crippen LogP contribution in [0.1, 0.15) is 156 Å². The molecule has 0 amide bonds. The van der Waals surface area contributed by atoms with Crippen molar-refractivity contribution in [3.8, 4) is 0 Å². The van der Waals surface area contributed by atoms with Crippen molar-refractivity contribution in [2.45, 2.75) is 180 Å². The third kappa shape index (κ3) is 12.1. The Hall–Kier alpha value is -1.34. The monoisotopic (exact) mass is 709 g/mol. The number of rotatable bonds is 25. The number of allylic oxidation sites excluding steroid dienone is 2. The summed E-state index contributed by atoms with van der Waals surface area (Å²) in [6.45, 7) is 13.3. The molecule has 4 aliphatic carbocycles. The molecule has 3 saturated carbocycles. The minimum absolute atomic E-state index is 0.0256. The first-order chi connectivity index (χ1) is 24.8. The average Bonchev–Trinajstić information content (AvgIpc) is 3.45. The molecule has 51 heavy (non-hydrogen) atoms. The number of unbranched alkanes of at least 4 members (excludes halogenated alkanes) is 10. The van der Waals surface area contributed by atoms with Gasteiger partial charge in [0.15, 0.2) is 0 Å². The third-order valence-electron chi connectivity index (χ3n) is 13.5. The second kappa shape index (κ2) is 22.1. The fourth-order valence-corrected chi connectivity index (χ4v) is 10.5. The smallest absolute Gasteiger partial charge is 0.306 e. The Kier molecular flexibility index (Phi) is 18.4. The summed E-state index contributed by atoms with van der Waals surface area (Å²) in [5.41, 5.74) is 2.08. The highest BCUT2D eigenvalue weighted by atomic mass is 16.5. The Morgan fingerprint density at radius 3 is 2.35 bits per heavy atom. The molecule has 0 aromatic heterocycles. The van der Waals surface area contributed by atoms with E-state index in [1.54, 1.807) is 21.7 Å². The summed E-state index contributed by atoms with van der Waals surface area (Å²) in [6.07, 6.45) is 33.8. The highest BCUT2D eigenvalue weighted by molar-refractivity contribution is 5.98. The largest absolute Gasteiger partial charge is 0.462 e. The van der Waals surface area contributed by atoms with E-state index in [1.165, 1.54) is 89.9 Å². The highest BCUT2D eigenvalue weighted by Gasteiger charge is 2.60. The molecule has 288 valence electrons. The standard InChI is InChI=1S/C43H74B2O6/c1-5-7-8-17-20-41(46)51-40-24-23-38-37-22-21-33-30-35(25-27-42(33,3)39(37)26-28-43(38,40)4)50-34(6-2)19-16-14-12-10-9-11-13-15-18-29-47-36(31-48-44)32-49-45/h6,16,19,30,34-40H,2,5,7-15,17-18,20-29,31-32,44-45H2,1,3-4H3/b19-16-/t34?,35?,37-,38-,39-,40-,42-,43-/m0/s1. The van der Waals surface area contributed by atoms with Crippen molar-refractivity contribution < 1.29 is 28.3 Å². The average molecular weight is 709 g/mol. The summed E-state index contributed by atoms with van der Waals surface area (Å²) in [7, 11) is 3.41. The minimum Gasteiger partial charge on any atom is -0.462 e. The molecule has 2 unspecified atom stereocenters. The Bertz CT molecular complexity index is 1090. The van der Waals surface area contributed by atoms with E-state index in [9.17, 15) is 4.79 Å². The predicted octanol–water partition coefficient (Wildman–Crippen LogP) is 8.96. The fraction of sp³-hybridized carbons (Fsp3) is 0.837. The molecule has 8 atom stereocenters. The maximum Gasteiger partial charge on any atom is 0.306 e. The summed E-state index contributed by atoms with van der Waals surface area (Å²) in [4.78, 5) is 12.8. The van der Waals surface area contributed by atoms with Crippen LogP contribution in [0.25, 0.3) is 0 Å². The second-order valence-corrected chi connectivity index (χ2v) is 16.9. The first-order valence-corrected chi connectivity index (χ1v) is 21.2. The first-order valence-electron chi connectivity index (χ1n) is 21.2. The van der Waals surface area contributed by atoms with E-state index >= 15 is 0 Å². The highest BCUT2D eigenvalue weighted by Crippen LogP contribution is 2.66. The number of fused-ring (bicyclic) bond motifs is 5. The molecular formula is C43H74B2O6. The molecule has 0 saturated heterocycles. The number of hydrogen-bond acceptors (Lipinski definition) is 6. The molecule has 0 N–H and O–H groups in total. The molecule has 8 heteroatoms. The Balaban J connectivity index is 1.14. The van der Waals surface area contributed by atoms with Crippen LogP contribution in [-0.4, -0.2) is 66.3 Å². The van der Waals surface area contributed by atoms with Gasteiger partial charge < -0.3 is 23.5 Å². The van der Waals surface area contributed by atoms with Gasteiger partial charge in [-0.1, -0.05) is 102 Å². The molecular weight excluding hydrogens is 634 g/mol. The van der Waals surface area contributed by atoms with Crippen LogP contribution < -0.4 is 0 Å². The van der Waals surface area contributed by atoms with E-state index in [0.717, 1.165) is 57.0 Å². The van der Waals surface area contributed by atoms with Gasteiger partial charge in [0.25, 0.3) is 16.1 Å². The minimum atomic E-state index is -0.0256. The zero-order chi connectivity index (χ0) is 36.5. The Morgan fingerprint density at radius 1 is 0.902 bits per heavy atom. The van der Waals surface area contributed by atoms with Crippen molar-refractivity contribution in [2.75, 3.05) is 19.8 Å².